The van der Waals surface area contributed by atoms with Crippen LogP contribution in [0.25, 0.3) is 10.8 Å². The van der Waals surface area contributed by atoms with Crippen molar-refractivity contribution in [3.63, 3.8) is 0 Å². The van der Waals surface area contributed by atoms with Crippen molar-refractivity contribution < 1.29 is 9.53 Å². The summed E-state index contributed by atoms with van der Waals surface area (Å²) in [7, 11) is 1.65. The highest BCUT2D eigenvalue weighted by Gasteiger charge is 2.27. The second kappa shape index (κ2) is 9.57. The van der Waals surface area contributed by atoms with Crippen molar-refractivity contribution in [1.82, 2.24) is 10.6 Å². The van der Waals surface area contributed by atoms with E-state index in [0.717, 1.165) is 17.1 Å². The number of ether oxygens (including phenoxy) is 1. The smallest absolute Gasteiger partial charge is 0.251 e. The van der Waals surface area contributed by atoms with Crippen LogP contribution in [-0.2, 0) is 0 Å². The Morgan fingerprint density at radius 3 is 2.65 bits per heavy atom. The van der Waals surface area contributed by atoms with Gasteiger partial charge in [0.25, 0.3) is 5.91 Å². The standard InChI is InChI=1S/C29H29N3O2/c1-20(25-14-8-10-21-9-3-4-13-26(21)25)31-18-24-19-32(27-15-5-6-16-28(27)34-24)23-12-7-11-22(17-23)29(33)30-2/h3-17,20,24,31H,18-19H2,1-2H3,(H,30,33)/t20-,24?/m1/s1. The third-order valence-electron chi connectivity index (χ3n) is 6.42. The van der Waals surface area contributed by atoms with Crippen LogP contribution in [0.3, 0.4) is 0 Å². The Labute approximate surface area is 200 Å². The number of para-hydroxylation sites is 2. The molecule has 0 fully saturated rings. The zero-order valence-corrected chi connectivity index (χ0v) is 19.5. The number of fused-ring (bicyclic) bond motifs is 2. The van der Waals surface area contributed by atoms with Crippen molar-refractivity contribution in [3.05, 3.63) is 102 Å². The Morgan fingerprint density at radius 2 is 1.76 bits per heavy atom. The van der Waals surface area contributed by atoms with Gasteiger partial charge >= 0.3 is 0 Å². The lowest BCUT2D eigenvalue weighted by Crippen LogP contribution is -2.44. The van der Waals surface area contributed by atoms with E-state index in [2.05, 4.69) is 71.0 Å². The van der Waals surface area contributed by atoms with Gasteiger partial charge in [0.2, 0.25) is 0 Å². The highest BCUT2D eigenvalue weighted by molar-refractivity contribution is 5.95. The molecule has 0 saturated heterocycles. The molecule has 1 amide bonds. The van der Waals surface area contributed by atoms with E-state index >= 15 is 0 Å². The average molecular weight is 452 g/mol. The van der Waals surface area contributed by atoms with Crippen molar-refractivity contribution in [2.45, 2.75) is 19.1 Å². The molecule has 2 atom stereocenters. The quantitative estimate of drug-likeness (QED) is 0.409. The molecule has 5 heteroatoms. The minimum Gasteiger partial charge on any atom is -0.485 e. The molecule has 4 aromatic rings. The fourth-order valence-electron chi connectivity index (χ4n) is 4.65. The first kappa shape index (κ1) is 22.0. The third kappa shape index (κ3) is 4.35. The van der Waals surface area contributed by atoms with Gasteiger partial charge in [-0.1, -0.05) is 60.7 Å². The van der Waals surface area contributed by atoms with Crippen LogP contribution in [0.2, 0.25) is 0 Å². The molecule has 5 rings (SSSR count). The summed E-state index contributed by atoms with van der Waals surface area (Å²) in [5, 5.41) is 8.91. The van der Waals surface area contributed by atoms with Crippen molar-refractivity contribution in [2.75, 3.05) is 25.0 Å². The summed E-state index contributed by atoms with van der Waals surface area (Å²) in [5.74, 6) is 0.759. The zero-order chi connectivity index (χ0) is 23.5. The van der Waals surface area contributed by atoms with E-state index < -0.39 is 0 Å². The van der Waals surface area contributed by atoms with Crippen molar-refractivity contribution in [3.8, 4) is 5.75 Å². The molecule has 0 spiro atoms. The highest BCUT2D eigenvalue weighted by atomic mass is 16.5. The van der Waals surface area contributed by atoms with Crippen molar-refractivity contribution >= 4 is 28.1 Å². The molecule has 0 saturated carbocycles. The summed E-state index contributed by atoms with van der Waals surface area (Å²) in [6, 6.07) is 30.9. The summed E-state index contributed by atoms with van der Waals surface area (Å²) < 4.78 is 6.37. The number of hydrogen-bond acceptors (Lipinski definition) is 4. The van der Waals surface area contributed by atoms with E-state index in [0.29, 0.717) is 18.7 Å². The normalized spacial score (nSPS) is 15.9. The van der Waals surface area contributed by atoms with E-state index in [1.54, 1.807) is 7.05 Å². The van der Waals surface area contributed by atoms with Gasteiger partial charge in [0, 0.05) is 30.9 Å². The monoisotopic (exact) mass is 451 g/mol. The number of benzene rings is 4. The predicted molar refractivity (Wildman–Crippen MR) is 138 cm³/mol. The summed E-state index contributed by atoms with van der Waals surface area (Å²) in [6.45, 7) is 3.58. The maximum absolute atomic E-state index is 12.2. The van der Waals surface area contributed by atoms with Crippen LogP contribution in [0.5, 0.6) is 5.75 Å². The Kier molecular flexibility index (Phi) is 6.19. The molecule has 1 heterocycles. The number of rotatable bonds is 6. The summed E-state index contributed by atoms with van der Waals surface area (Å²) in [5.41, 5.74) is 3.91. The van der Waals surface area contributed by atoms with Crippen LogP contribution >= 0.6 is 0 Å². The maximum atomic E-state index is 12.2. The molecule has 0 aromatic heterocycles. The van der Waals surface area contributed by atoms with E-state index in [1.165, 1.54) is 16.3 Å². The first-order chi connectivity index (χ1) is 16.6. The minimum absolute atomic E-state index is 0.0454. The second-order valence-corrected chi connectivity index (χ2v) is 8.65. The van der Waals surface area contributed by atoms with Gasteiger partial charge < -0.3 is 20.3 Å². The van der Waals surface area contributed by atoms with Crippen LogP contribution in [0.4, 0.5) is 11.4 Å². The zero-order valence-electron chi connectivity index (χ0n) is 19.5. The van der Waals surface area contributed by atoms with Gasteiger partial charge in [-0.15, -0.1) is 0 Å². The first-order valence-electron chi connectivity index (χ1n) is 11.7. The van der Waals surface area contributed by atoms with Gasteiger partial charge in [-0.05, 0) is 53.6 Å². The second-order valence-electron chi connectivity index (χ2n) is 8.65. The van der Waals surface area contributed by atoms with Crippen molar-refractivity contribution in [1.29, 1.82) is 0 Å². The van der Waals surface area contributed by atoms with E-state index in [9.17, 15) is 4.79 Å². The summed E-state index contributed by atoms with van der Waals surface area (Å²) in [6.07, 6.45) is -0.0454. The average Bonchev–Trinajstić information content (AvgIpc) is 2.90. The summed E-state index contributed by atoms with van der Waals surface area (Å²) >= 11 is 0. The molecule has 0 radical (unpaired) electrons. The molecule has 172 valence electrons. The van der Waals surface area contributed by atoms with Gasteiger partial charge in [0.15, 0.2) is 0 Å². The molecule has 34 heavy (non-hydrogen) atoms. The highest BCUT2D eigenvalue weighted by Crippen LogP contribution is 2.38. The molecule has 0 aliphatic carbocycles. The Balaban J connectivity index is 1.37. The molecular formula is C29H29N3O2. The lowest BCUT2D eigenvalue weighted by atomic mass is 9.99. The third-order valence-corrected chi connectivity index (χ3v) is 6.42. The molecule has 4 aromatic carbocycles. The number of anilines is 2. The number of carbonyl (C=O) groups is 1. The van der Waals surface area contributed by atoms with E-state index in [4.69, 9.17) is 4.74 Å². The van der Waals surface area contributed by atoms with E-state index in [-0.39, 0.29) is 18.1 Å². The maximum Gasteiger partial charge on any atom is 0.251 e. The van der Waals surface area contributed by atoms with Gasteiger partial charge in [-0.25, -0.2) is 0 Å². The molecule has 5 nitrogen and oxygen atoms in total. The van der Waals surface area contributed by atoms with Crippen LogP contribution in [0.1, 0.15) is 28.9 Å². The van der Waals surface area contributed by atoms with Gasteiger partial charge in [-0.3, -0.25) is 4.79 Å². The van der Waals surface area contributed by atoms with Gasteiger partial charge in [0.1, 0.15) is 11.9 Å². The number of hydrogen-bond donors (Lipinski definition) is 2. The van der Waals surface area contributed by atoms with Crippen LogP contribution in [0.15, 0.2) is 91.0 Å². The number of amides is 1. The topological polar surface area (TPSA) is 53.6 Å². The van der Waals surface area contributed by atoms with E-state index in [1.807, 2.05) is 42.5 Å². The Bertz CT molecular complexity index is 1310. The molecule has 2 N–H and O–H groups in total. The summed E-state index contributed by atoms with van der Waals surface area (Å²) in [4.78, 5) is 14.4. The fraction of sp³-hybridized carbons (Fsp3) is 0.207. The number of carbonyl (C=O) groups excluding carboxylic acids is 1. The van der Waals surface area contributed by atoms with Gasteiger partial charge in [-0.2, -0.15) is 0 Å². The predicted octanol–water partition coefficient (Wildman–Crippen LogP) is 5.45. The van der Waals surface area contributed by atoms with Crippen LogP contribution in [0, 0.1) is 0 Å². The lowest BCUT2D eigenvalue weighted by Gasteiger charge is -2.37. The van der Waals surface area contributed by atoms with Crippen LogP contribution < -0.4 is 20.3 Å². The Hall–Kier alpha value is -3.83. The fourth-order valence-corrected chi connectivity index (χ4v) is 4.65. The minimum atomic E-state index is -0.0921. The number of nitrogens with zero attached hydrogens (tertiary/aromatic N) is 1. The molecule has 0 bridgehead atoms. The number of nitrogens with one attached hydrogen (secondary N) is 2. The lowest BCUT2D eigenvalue weighted by molar-refractivity contribution is 0.0963. The first-order valence-corrected chi connectivity index (χ1v) is 11.7. The SMILES string of the molecule is CNC(=O)c1cccc(N2CC(CN[C@H](C)c3cccc4ccccc34)Oc3ccccc32)c1. The molecule has 1 aliphatic heterocycles. The van der Waals surface area contributed by atoms with Gasteiger partial charge in [0.05, 0.1) is 12.2 Å². The molecule has 1 unspecified atom stereocenters. The molecular weight excluding hydrogens is 422 g/mol. The Morgan fingerprint density at radius 1 is 1.00 bits per heavy atom. The van der Waals surface area contributed by atoms with Crippen LogP contribution in [-0.4, -0.2) is 32.1 Å². The molecule has 1 aliphatic rings. The van der Waals surface area contributed by atoms with Crippen molar-refractivity contribution in [2.24, 2.45) is 0 Å². The largest absolute Gasteiger partial charge is 0.485 e.